The summed E-state index contributed by atoms with van der Waals surface area (Å²) in [7, 11) is 0. The molecule has 0 aliphatic heterocycles. The average Bonchev–Trinajstić information content (AvgIpc) is 2.27. The molecule has 19 heavy (non-hydrogen) atoms. The number of carbonyl (C=O) groups excluding carboxylic acids is 1. The Morgan fingerprint density at radius 1 is 1.42 bits per heavy atom. The normalized spacial score (nSPS) is 10.9. The molecule has 0 aromatic heterocycles. The molecule has 0 saturated carbocycles. The van der Waals surface area contributed by atoms with E-state index in [2.05, 4.69) is 0 Å². The van der Waals surface area contributed by atoms with E-state index in [1.54, 1.807) is 32.9 Å². The first-order valence-electron chi connectivity index (χ1n) is 5.59. The van der Waals surface area contributed by atoms with Gasteiger partial charge >= 0.3 is 6.09 Å². The van der Waals surface area contributed by atoms with Gasteiger partial charge in [-0.25, -0.2) is 9.21 Å². The van der Waals surface area contributed by atoms with Crippen LogP contribution in [0, 0.1) is 10.1 Å². The number of ether oxygens (including phenoxy) is 1. The van der Waals surface area contributed by atoms with Crippen molar-refractivity contribution in [2.24, 2.45) is 0 Å². The van der Waals surface area contributed by atoms with Gasteiger partial charge in [0.05, 0.1) is 17.0 Å². The van der Waals surface area contributed by atoms with E-state index in [0.717, 1.165) is 4.42 Å². The minimum atomic E-state index is -0.743. The van der Waals surface area contributed by atoms with Gasteiger partial charge in [-0.1, -0.05) is 18.2 Å². The van der Waals surface area contributed by atoms with Crippen molar-refractivity contribution in [1.82, 2.24) is 4.42 Å². The average molecular weight is 287 g/mol. The summed E-state index contributed by atoms with van der Waals surface area (Å²) in [4.78, 5) is 22.0. The number of halogens is 1. The number of amides is 1. The predicted molar refractivity (Wildman–Crippen MR) is 70.7 cm³/mol. The Kier molecular flexibility index (Phi) is 4.72. The van der Waals surface area contributed by atoms with Crippen LogP contribution in [0.25, 0.3) is 0 Å². The third kappa shape index (κ3) is 4.75. The summed E-state index contributed by atoms with van der Waals surface area (Å²) in [5.74, 6) is 0. The number of nitro groups is 1. The van der Waals surface area contributed by atoms with Gasteiger partial charge in [-0.3, -0.25) is 10.1 Å². The molecule has 0 atom stereocenters. The second kappa shape index (κ2) is 5.88. The Hall–Kier alpha value is -1.82. The van der Waals surface area contributed by atoms with Crippen LogP contribution >= 0.6 is 11.8 Å². The van der Waals surface area contributed by atoms with Crippen LogP contribution in [0.3, 0.4) is 0 Å². The van der Waals surface area contributed by atoms with Gasteiger partial charge < -0.3 is 4.74 Å². The van der Waals surface area contributed by atoms with Crippen LogP contribution in [-0.4, -0.2) is 21.0 Å². The highest BCUT2D eigenvalue weighted by atomic mass is 35.5. The molecule has 0 N–H and O–H groups in total. The Morgan fingerprint density at radius 3 is 2.53 bits per heavy atom. The molecule has 0 radical (unpaired) electrons. The topological polar surface area (TPSA) is 72.7 Å². The molecule has 0 heterocycles. The van der Waals surface area contributed by atoms with Gasteiger partial charge in [0.25, 0.3) is 5.69 Å². The fraction of sp³-hybridized carbons (Fsp3) is 0.417. The summed E-state index contributed by atoms with van der Waals surface area (Å²) in [6.07, 6.45) is -0.743. The van der Waals surface area contributed by atoms with E-state index in [1.807, 2.05) is 0 Å². The Morgan fingerprint density at radius 2 is 2.00 bits per heavy atom. The van der Waals surface area contributed by atoms with Crippen LogP contribution in [0.4, 0.5) is 10.5 Å². The van der Waals surface area contributed by atoms with Crippen molar-refractivity contribution >= 4 is 23.6 Å². The maximum atomic E-state index is 11.6. The highest BCUT2D eigenvalue weighted by Gasteiger charge is 2.23. The van der Waals surface area contributed by atoms with Crippen molar-refractivity contribution in [3.63, 3.8) is 0 Å². The molecule has 104 valence electrons. The standard InChI is InChI=1S/C12H15ClN2O4/c1-12(2,3)19-11(16)14(13)8-9-6-4-5-7-10(9)15(17)18/h4-7H,8H2,1-3H3. The second-order valence-electron chi connectivity index (χ2n) is 4.89. The zero-order valence-corrected chi connectivity index (χ0v) is 11.7. The first-order valence-corrected chi connectivity index (χ1v) is 5.93. The quantitative estimate of drug-likeness (QED) is 0.484. The van der Waals surface area contributed by atoms with Gasteiger partial charge in [-0.15, -0.1) is 0 Å². The molecule has 6 nitrogen and oxygen atoms in total. The number of para-hydroxylation sites is 1. The van der Waals surface area contributed by atoms with Crippen LogP contribution in [0.15, 0.2) is 24.3 Å². The first kappa shape index (κ1) is 15.2. The maximum Gasteiger partial charge on any atom is 0.425 e. The number of carbonyl (C=O) groups is 1. The van der Waals surface area contributed by atoms with Crippen LogP contribution in [0.1, 0.15) is 26.3 Å². The van der Waals surface area contributed by atoms with Crippen LogP contribution in [0.5, 0.6) is 0 Å². The molecule has 1 rings (SSSR count). The van der Waals surface area contributed by atoms with Crippen molar-refractivity contribution in [2.75, 3.05) is 0 Å². The van der Waals surface area contributed by atoms with E-state index in [0.29, 0.717) is 5.56 Å². The lowest BCUT2D eigenvalue weighted by atomic mass is 10.2. The molecule has 0 unspecified atom stereocenters. The molecule has 0 aliphatic carbocycles. The third-order valence-corrected chi connectivity index (χ3v) is 2.35. The van der Waals surface area contributed by atoms with Gasteiger partial charge in [-0.05, 0) is 20.8 Å². The smallest absolute Gasteiger partial charge is 0.425 e. The summed E-state index contributed by atoms with van der Waals surface area (Å²) in [5.41, 5.74) is -0.419. The highest BCUT2D eigenvalue weighted by molar-refractivity contribution is 6.20. The van der Waals surface area contributed by atoms with Crippen LogP contribution in [-0.2, 0) is 11.3 Å². The first-order chi connectivity index (χ1) is 8.70. The van der Waals surface area contributed by atoms with Gasteiger partial charge in [0, 0.05) is 17.8 Å². The molecule has 0 aliphatic rings. The van der Waals surface area contributed by atoms with E-state index in [-0.39, 0.29) is 12.2 Å². The fourth-order valence-electron chi connectivity index (χ4n) is 1.35. The van der Waals surface area contributed by atoms with Crippen molar-refractivity contribution in [3.05, 3.63) is 39.9 Å². The number of nitro benzene ring substituents is 1. The molecule has 1 amide bonds. The summed E-state index contributed by atoms with van der Waals surface area (Å²) in [6, 6.07) is 6.09. The fourth-order valence-corrected chi connectivity index (χ4v) is 1.51. The van der Waals surface area contributed by atoms with Gasteiger partial charge in [-0.2, -0.15) is 0 Å². The summed E-state index contributed by atoms with van der Waals surface area (Å²) in [5, 5.41) is 10.8. The molecule has 0 saturated heterocycles. The molecular formula is C12H15ClN2O4. The van der Waals surface area contributed by atoms with E-state index in [4.69, 9.17) is 16.5 Å². The van der Waals surface area contributed by atoms with Gasteiger partial charge in [0.1, 0.15) is 5.60 Å². The van der Waals surface area contributed by atoms with E-state index < -0.39 is 16.6 Å². The zero-order chi connectivity index (χ0) is 14.6. The largest absolute Gasteiger partial charge is 0.443 e. The van der Waals surface area contributed by atoms with E-state index in [1.165, 1.54) is 12.1 Å². The predicted octanol–water partition coefficient (Wildman–Crippen LogP) is 3.49. The summed E-state index contributed by atoms with van der Waals surface area (Å²) in [6.45, 7) is 5.02. The Labute approximate surface area is 116 Å². The van der Waals surface area contributed by atoms with Crippen molar-refractivity contribution < 1.29 is 14.5 Å². The van der Waals surface area contributed by atoms with E-state index in [9.17, 15) is 14.9 Å². The van der Waals surface area contributed by atoms with Crippen molar-refractivity contribution in [2.45, 2.75) is 32.9 Å². The molecule has 1 aromatic rings. The lowest BCUT2D eigenvalue weighted by Gasteiger charge is -2.22. The number of nitrogens with zero attached hydrogens (tertiary/aromatic N) is 2. The zero-order valence-electron chi connectivity index (χ0n) is 10.9. The van der Waals surface area contributed by atoms with E-state index >= 15 is 0 Å². The monoisotopic (exact) mass is 286 g/mol. The summed E-state index contributed by atoms with van der Waals surface area (Å²) < 4.78 is 5.84. The maximum absolute atomic E-state index is 11.6. The number of benzene rings is 1. The lowest BCUT2D eigenvalue weighted by Crippen LogP contribution is -2.31. The molecule has 0 fully saturated rings. The lowest BCUT2D eigenvalue weighted by molar-refractivity contribution is -0.385. The van der Waals surface area contributed by atoms with Gasteiger partial charge in [0.2, 0.25) is 0 Å². The van der Waals surface area contributed by atoms with Crippen molar-refractivity contribution in [3.8, 4) is 0 Å². The van der Waals surface area contributed by atoms with Gasteiger partial charge in [0.15, 0.2) is 0 Å². The third-order valence-electron chi connectivity index (χ3n) is 2.09. The molecule has 0 spiro atoms. The number of hydrogen-bond acceptors (Lipinski definition) is 4. The molecular weight excluding hydrogens is 272 g/mol. The Balaban J connectivity index is 2.80. The van der Waals surface area contributed by atoms with Crippen LogP contribution < -0.4 is 0 Å². The summed E-state index contributed by atoms with van der Waals surface area (Å²) >= 11 is 5.78. The number of hydrogen-bond donors (Lipinski definition) is 0. The minimum Gasteiger partial charge on any atom is -0.443 e. The minimum absolute atomic E-state index is 0.0864. The van der Waals surface area contributed by atoms with Crippen molar-refractivity contribution in [1.29, 1.82) is 0 Å². The van der Waals surface area contributed by atoms with Crippen LogP contribution in [0.2, 0.25) is 0 Å². The highest BCUT2D eigenvalue weighted by Crippen LogP contribution is 2.21. The SMILES string of the molecule is CC(C)(C)OC(=O)N(Cl)Cc1ccccc1[N+](=O)[O-]. The Bertz CT molecular complexity index is 485. The molecule has 7 heteroatoms. The molecule has 1 aromatic carbocycles. The number of rotatable bonds is 3. The molecule has 0 bridgehead atoms. The second-order valence-corrected chi connectivity index (χ2v) is 5.29.